The van der Waals surface area contributed by atoms with Gasteiger partial charge in [-0.15, -0.1) is 0 Å². The Morgan fingerprint density at radius 2 is 2.46 bits per heavy atom. The summed E-state index contributed by atoms with van der Waals surface area (Å²) >= 11 is 0. The van der Waals surface area contributed by atoms with E-state index < -0.39 is 0 Å². The lowest BCUT2D eigenvalue weighted by molar-refractivity contribution is -0.141. The number of hydrogen-bond acceptors (Lipinski definition) is 4. The molecule has 1 aromatic rings. The monoisotopic (exact) mass is 180 g/mol. The van der Waals surface area contributed by atoms with E-state index in [0.29, 0.717) is 5.69 Å². The first kappa shape index (κ1) is 9.67. The molecule has 0 fully saturated rings. The fourth-order valence-electron chi connectivity index (χ4n) is 0.963. The zero-order valence-corrected chi connectivity index (χ0v) is 7.43. The van der Waals surface area contributed by atoms with E-state index in [1.165, 1.54) is 7.11 Å². The molecule has 0 spiro atoms. The summed E-state index contributed by atoms with van der Waals surface area (Å²) in [5, 5.41) is 0. The fourth-order valence-corrected chi connectivity index (χ4v) is 0.963. The van der Waals surface area contributed by atoms with Gasteiger partial charge in [-0.05, 0) is 12.1 Å². The number of esters is 1. The van der Waals surface area contributed by atoms with Crippen LogP contribution in [0, 0.1) is 0 Å². The van der Waals surface area contributed by atoms with E-state index >= 15 is 0 Å². The molecule has 0 bridgehead atoms. The summed E-state index contributed by atoms with van der Waals surface area (Å²) in [5.41, 5.74) is 6.41. The molecule has 4 nitrogen and oxygen atoms in total. The first-order chi connectivity index (χ1) is 6.24. The number of nitrogens with zero attached hydrogens (tertiary/aromatic N) is 1. The van der Waals surface area contributed by atoms with Gasteiger partial charge in [0, 0.05) is 6.20 Å². The van der Waals surface area contributed by atoms with Crippen LogP contribution in [0.15, 0.2) is 24.4 Å². The molecular formula is C9H12N2O2. The molecule has 0 aliphatic heterocycles. The van der Waals surface area contributed by atoms with Crippen molar-refractivity contribution in [3.63, 3.8) is 0 Å². The van der Waals surface area contributed by atoms with Gasteiger partial charge in [0.2, 0.25) is 0 Å². The molecule has 13 heavy (non-hydrogen) atoms. The van der Waals surface area contributed by atoms with Crippen LogP contribution in [-0.2, 0) is 9.53 Å². The lowest BCUT2D eigenvalue weighted by Gasteiger charge is -2.08. The standard InChI is InChI=1S/C9H12N2O2/c1-13-9(12)6-7(10)8-4-2-3-5-11-8/h2-5,7H,6,10H2,1H3/t7-/m0/s1. The highest BCUT2D eigenvalue weighted by Crippen LogP contribution is 2.10. The summed E-state index contributed by atoms with van der Waals surface area (Å²) < 4.78 is 4.50. The van der Waals surface area contributed by atoms with E-state index in [-0.39, 0.29) is 18.4 Å². The number of aromatic nitrogens is 1. The molecule has 1 atom stereocenters. The van der Waals surface area contributed by atoms with Crippen molar-refractivity contribution in [1.29, 1.82) is 0 Å². The van der Waals surface area contributed by atoms with Gasteiger partial charge in [0.15, 0.2) is 0 Å². The van der Waals surface area contributed by atoms with Crippen molar-refractivity contribution in [3.8, 4) is 0 Å². The van der Waals surface area contributed by atoms with Crippen molar-refractivity contribution in [2.45, 2.75) is 12.5 Å². The third-order valence-corrected chi connectivity index (χ3v) is 1.68. The summed E-state index contributed by atoms with van der Waals surface area (Å²) in [7, 11) is 1.34. The maximum Gasteiger partial charge on any atom is 0.307 e. The van der Waals surface area contributed by atoms with Crippen LogP contribution in [0.5, 0.6) is 0 Å². The molecule has 0 amide bonds. The maximum absolute atomic E-state index is 10.9. The second kappa shape index (κ2) is 4.57. The van der Waals surface area contributed by atoms with Crippen LogP contribution >= 0.6 is 0 Å². The molecule has 0 unspecified atom stereocenters. The third kappa shape index (κ3) is 2.83. The molecule has 4 heteroatoms. The molecule has 0 aromatic carbocycles. The van der Waals surface area contributed by atoms with Gasteiger partial charge in [0.25, 0.3) is 0 Å². The van der Waals surface area contributed by atoms with Crippen LogP contribution in [0.3, 0.4) is 0 Å². The number of hydrogen-bond donors (Lipinski definition) is 1. The van der Waals surface area contributed by atoms with E-state index in [9.17, 15) is 4.79 Å². The van der Waals surface area contributed by atoms with Gasteiger partial charge in [-0.3, -0.25) is 9.78 Å². The number of ether oxygens (including phenoxy) is 1. The van der Waals surface area contributed by atoms with Gasteiger partial charge in [-0.1, -0.05) is 6.07 Å². The Labute approximate surface area is 76.7 Å². The second-order valence-electron chi connectivity index (χ2n) is 2.64. The minimum absolute atomic E-state index is 0.160. The largest absolute Gasteiger partial charge is 0.469 e. The smallest absolute Gasteiger partial charge is 0.307 e. The SMILES string of the molecule is COC(=O)C[C@H](N)c1ccccn1. The van der Waals surface area contributed by atoms with Crippen molar-refractivity contribution in [2.75, 3.05) is 7.11 Å². The van der Waals surface area contributed by atoms with Gasteiger partial charge in [-0.25, -0.2) is 0 Å². The predicted octanol–water partition coefficient (Wildman–Crippen LogP) is 0.644. The Balaban J connectivity index is 2.59. The Bertz CT molecular complexity index is 274. The van der Waals surface area contributed by atoms with Gasteiger partial charge in [0.05, 0.1) is 25.3 Å². The molecule has 2 N–H and O–H groups in total. The molecule has 0 saturated carbocycles. The van der Waals surface area contributed by atoms with E-state index in [4.69, 9.17) is 5.73 Å². The Hall–Kier alpha value is -1.42. The second-order valence-corrected chi connectivity index (χ2v) is 2.64. The average molecular weight is 180 g/mol. The fraction of sp³-hybridized carbons (Fsp3) is 0.333. The molecular weight excluding hydrogens is 168 g/mol. The van der Waals surface area contributed by atoms with Crippen LogP contribution in [-0.4, -0.2) is 18.1 Å². The first-order valence-corrected chi connectivity index (χ1v) is 3.97. The number of carbonyl (C=O) groups excluding carboxylic acids is 1. The third-order valence-electron chi connectivity index (χ3n) is 1.68. The molecule has 0 aliphatic rings. The van der Waals surface area contributed by atoms with Crippen molar-refractivity contribution in [2.24, 2.45) is 5.73 Å². The number of pyridine rings is 1. The Morgan fingerprint density at radius 1 is 1.69 bits per heavy atom. The molecule has 0 saturated heterocycles. The van der Waals surface area contributed by atoms with Crippen LogP contribution in [0.2, 0.25) is 0 Å². The average Bonchev–Trinajstić information content (AvgIpc) is 2.19. The van der Waals surface area contributed by atoms with Crippen molar-refractivity contribution in [3.05, 3.63) is 30.1 Å². The van der Waals surface area contributed by atoms with Crippen LogP contribution in [0.25, 0.3) is 0 Å². The van der Waals surface area contributed by atoms with E-state index in [1.807, 2.05) is 6.07 Å². The highest BCUT2D eigenvalue weighted by molar-refractivity contribution is 5.70. The molecule has 0 radical (unpaired) electrons. The molecule has 0 aliphatic carbocycles. The van der Waals surface area contributed by atoms with Gasteiger partial charge in [-0.2, -0.15) is 0 Å². The molecule has 1 heterocycles. The highest BCUT2D eigenvalue weighted by atomic mass is 16.5. The van der Waals surface area contributed by atoms with Gasteiger partial charge in [0.1, 0.15) is 0 Å². The number of nitrogens with two attached hydrogens (primary N) is 1. The Kier molecular flexibility index (Phi) is 3.40. The lowest BCUT2D eigenvalue weighted by atomic mass is 10.1. The summed E-state index contributed by atoms with van der Waals surface area (Å²) in [6, 6.07) is 5.04. The first-order valence-electron chi connectivity index (χ1n) is 3.97. The van der Waals surface area contributed by atoms with E-state index in [2.05, 4.69) is 9.72 Å². The van der Waals surface area contributed by atoms with E-state index in [1.54, 1.807) is 18.3 Å². The minimum atomic E-state index is -0.381. The predicted molar refractivity (Wildman–Crippen MR) is 47.8 cm³/mol. The quantitative estimate of drug-likeness (QED) is 0.693. The number of rotatable bonds is 3. The normalized spacial score (nSPS) is 12.2. The minimum Gasteiger partial charge on any atom is -0.469 e. The topological polar surface area (TPSA) is 65.2 Å². The van der Waals surface area contributed by atoms with Gasteiger partial charge >= 0.3 is 5.97 Å². The van der Waals surface area contributed by atoms with Crippen LogP contribution < -0.4 is 5.73 Å². The highest BCUT2D eigenvalue weighted by Gasteiger charge is 2.11. The van der Waals surface area contributed by atoms with Gasteiger partial charge < -0.3 is 10.5 Å². The maximum atomic E-state index is 10.9. The van der Waals surface area contributed by atoms with Crippen molar-refractivity contribution < 1.29 is 9.53 Å². The summed E-state index contributed by atoms with van der Waals surface area (Å²) in [6.45, 7) is 0. The molecule has 1 aromatic heterocycles. The zero-order chi connectivity index (χ0) is 9.68. The summed E-state index contributed by atoms with van der Waals surface area (Å²) in [6.07, 6.45) is 1.81. The Morgan fingerprint density at radius 3 is 3.00 bits per heavy atom. The summed E-state index contributed by atoms with van der Waals surface area (Å²) in [4.78, 5) is 14.9. The van der Waals surface area contributed by atoms with E-state index in [0.717, 1.165) is 0 Å². The molecule has 1 rings (SSSR count). The molecule has 70 valence electrons. The van der Waals surface area contributed by atoms with Crippen LogP contribution in [0.4, 0.5) is 0 Å². The summed E-state index contributed by atoms with van der Waals surface area (Å²) in [5.74, 6) is -0.321. The zero-order valence-electron chi connectivity index (χ0n) is 7.43. The number of carbonyl (C=O) groups is 1. The van der Waals surface area contributed by atoms with Crippen LogP contribution in [0.1, 0.15) is 18.2 Å². The van der Waals surface area contributed by atoms with Crippen molar-refractivity contribution >= 4 is 5.97 Å². The van der Waals surface area contributed by atoms with Crippen molar-refractivity contribution in [1.82, 2.24) is 4.98 Å². The lowest BCUT2D eigenvalue weighted by Crippen LogP contribution is -2.17. The number of methoxy groups -OCH3 is 1.